The van der Waals surface area contributed by atoms with Crippen LogP contribution in [0.1, 0.15) is 11.1 Å². The third-order valence-corrected chi connectivity index (χ3v) is 4.20. The van der Waals surface area contributed by atoms with Gasteiger partial charge in [0.25, 0.3) is 0 Å². The molecule has 1 aliphatic heterocycles. The zero-order valence-electron chi connectivity index (χ0n) is 15.4. The van der Waals surface area contributed by atoms with Gasteiger partial charge in [0, 0.05) is 28.4 Å². The lowest BCUT2D eigenvalue weighted by atomic mass is 10.1. The van der Waals surface area contributed by atoms with Crippen molar-refractivity contribution in [3.8, 4) is 11.5 Å². The number of carbonyl (C=O) groups is 1. The molecule has 0 fully saturated rings. The molecule has 0 radical (unpaired) electrons. The second-order valence-corrected chi connectivity index (χ2v) is 6.89. The minimum absolute atomic E-state index is 0.0542. The summed E-state index contributed by atoms with van der Waals surface area (Å²) in [5.74, 6) is 0.0209. The Morgan fingerprint density at radius 2 is 2.00 bits per heavy atom. The van der Waals surface area contributed by atoms with Crippen molar-refractivity contribution >= 4 is 23.2 Å². The highest BCUT2D eigenvalue weighted by molar-refractivity contribution is 6.30. The molecule has 0 aromatic heterocycles. The van der Waals surface area contributed by atoms with Crippen molar-refractivity contribution < 1.29 is 32.2 Å². The Balaban J connectivity index is 1.57. The first-order valence-electron chi connectivity index (χ1n) is 8.55. The number of nitrogens with one attached hydrogen (secondary N) is 1. The molecule has 0 saturated carbocycles. The topological polar surface area (TPSA) is 60.0 Å². The summed E-state index contributed by atoms with van der Waals surface area (Å²) in [6.45, 7) is 1.02. The van der Waals surface area contributed by atoms with Crippen molar-refractivity contribution in [2.45, 2.75) is 19.5 Å². The number of ether oxygens (including phenoxy) is 3. The van der Waals surface area contributed by atoms with Gasteiger partial charge < -0.3 is 19.5 Å². The van der Waals surface area contributed by atoms with Crippen molar-refractivity contribution in [3.63, 3.8) is 0 Å². The molecule has 1 heterocycles. The van der Waals surface area contributed by atoms with Gasteiger partial charge in [0.15, 0.2) is 6.79 Å². The number of amides is 1. The Hall–Kier alpha value is -2.49. The molecule has 1 aliphatic rings. The molecule has 1 amide bonds. The van der Waals surface area contributed by atoms with E-state index >= 15 is 0 Å². The van der Waals surface area contributed by atoms with Crippen molar-refractivity contribution in [1.29, 1.82) is 0 Å². The Morgan fingerprint density at radius 1 is 1.28 bits per heavy atom. The van der Waals surface area contributed by atoms with Crippen molar-refractivity contribution in [3.05, 3.63) is 52.5 Å². The summed E-state index contributed by atoms with van der Waals surface area (Å²) < 4.78 is 51.1. The highest BCUT2D eigenvalue weighted by atomic mass is 35.5. The molecule has 10 heteroatoms. The van der Waals surface area contributed by atoms with Crippen LogP contribution in [-0.4, -0.2) is 37.6 Å². The van der Waals surface area contributed by atoms with E-state index in [0.29, 0.717) is 29.6 Å². The molecule has 3 rings (SSSR count). The lowest BCUT2D eigenvalue weighted by Gasteiger charge is -2.23. The number of halogens is 4. The number of likely N-dealkylation sites (N-methyl/N-ethyl adjacent to an activating group) is 1. The predicted molar refractivity (Wildman–Crippen MR) is 99.8 cm³/mol. The third-order valence-electron chi connectivity index (χ3n) is 3.98. The second-order valence-electron chi connectivity index (χ2n) is 6.46. The molecule has 156 valence electrons. The lowest BCUT2D eigenvalue weighted by molar-refractivity contribution is -0.274. The van der Waals surface area contributed by atoms with Crippen LogP contribution in [0, 0.1) is 0 Å². The van der Waals surface area contributed by atoms with E-state index in [0.717, 1.165) is 23.3 Å². The Labute approximate surface area is 170 Å². The van der Waals surface area contributed by atoms with E-state index < -0.39 is 6.36 Å². The molecule has 0 bridgehead atoms. The van der Waals surface area contributed by atoms with Crippen LogP contribution in [0.25, 0.3) is 0 Å². The number of benzene rings is 2. The van der Waals surface area contributed by atoms with Gasteiger partial charge in [0.05, 0.1) is 13.2 Å². The van der Waals surface area contributed by atoms with E-state index in [1.54, 1.807) is 24.1 Å². The summed E-state index contributed by atoms with van der Waals surface area (Å²) in [5.41, 5.74) is 2.04. The Kier molecular flexibility index (Phi) is 6.51. The van der Waals surface area contributed by atoms with Crippen molar-refractivity contribution in [2.24, 2.45) is 0 Å². The summed E-state index contributed by atoms with van der Waals surface area (Å²) in [6.07, 6.45) is -4.76. The van der Waals surface area contributed by atoms with Crippen LogP contribution in [-0.2, 0) is 22.7 Å². The van der Waals surface area contributed by atoms with Crippen LogP contribution in [0.4, 0.5) is 18.9 Å². The molecule has 0 saturated heterocycles. The SMILES string of the molecule is CN(CC(=O)Nc1ccc(OC(F)(F)F)cc1)Cc1cc(Cl)cc2c1OCOC2. The number of hydrogen-bond donors (Lipinski definition) is 1. The smallest absolute Gasteiger partial charge is 0.467 e. The third kappa shape index (κ3) is 6.25. The number of rotatable bonds is 6. The first-order chi connectivity index (χ1) is 13.7. The molecule has 0 unspecified atom stereocenters. The predicted octanol–water partition coefficient (Wildman–Crippen LogP) is 4.18. The molecule has 0 spiro atoms. The van der Waals surface area contributed by atoms with E-state index in [4.69, 9.17) is 21.1 Å². The maximum absolute atomic E-state index is 12.2. The second kappa shape index (κ2) is 8.89. The van der Waals surface area contributed by atoms with E-state index in [-0.39, 0.29) is 25.0 Å². The van der Waals surface area contributed by atoms with Gasteiger partial charge in [-0.2, -0.15) is 0 Å². The van der Waals surface area contributed by atoms with Crippen molar-refractivity contribution in [2.75, 3.05) is 25.7 Å². The van der Waals surface area contributed by atoms with E-state index in [1.165, 1.54) is 12.1 Å². The van der Waals surface area contributed by atoms with Crippen LogP contribution in [0.15, 0.2) is 36.4 Å². The van der Waals surface area contributed by atoms with E-state index in [2.05, 4.69) is 10.1 Å². The molecule has 29 heavy (non-hydrogen) atoms. The summed E-state index contributed by atoms with van der Waals surface area (Å²) in [6, 6.07) is 8.48. The zero-order valence-corrected chi connectivity index (χ0v) is 16.1. The number of fused-ring (bicyclic) bond motifs is 1. The molecule has 0 aliphatic carbocycles. The quantitative estimate of drug-likeness (QED) is 0.745. The van der Waals surface area contributed by atoms with E-state index in [1.807, 2.05) is 0 Å². The Bertz CT molecular complexity index is 875. The maximum atomic E-state index is 12.2. The normalized spacial score (nSPS) is 13.6. The van der Waals surface area contributed by atoms with Gasteiger partial charge >= 0.3 is 6.36 Å². The van der Waals surface area contributed by atoms with Gasteiger partial charge in [-0.05, 0) is 43.4 Å². The summed E-state index contributed by atoms with van der Waals surface area (Å²) in [7, 11) is 1.76. The molecular weight excluding hydrogens is 413 g/mol. The van der Waals surface area contributed by atoms with Gasteiger partial charge in [-0.1, -0.05) is 11.6 Å². The summed E-state index contributed by atoms with van der Waals surface area (Å²) in [4.78, 5) is 14.0. The number of carbonyl (C=O) groups excluding carboxylic acids is 1. The van der Waals surface area contributed by atoms with Gasteiger partial charge in [0.2, 0.25) is 5.91 Å². The minimum Gasteiger partial charge on any atom is -0.467 e. The molecule has 0 atom stereocenters. The molecule has 2 aromatic rings. The highest BCUT2D eigenvalue weighted by Crippen LogP contribution is 2.32. The maximum Gasteiger partial charge on any atom is 0.573 e. The fourth-order valence-corrected chi connectivity index (χ4v) is 3.17. The van der Waals surface area contributed by atoms with Crippen LogP contribution in [0.5, 0.6) is 11.5 Å². The molecule has 6 nitrogen and oxygen atoms in total. The van der Waals surface area contributed by atoms with Gasteiger partial charge in [-0.3, -0.25) is 9.69 Å². The van der Waals surface area contributed by atoms with Crippen LogP contribution < -0.4 is 14.8 Å². The fraction of sp³-hybridized carbons (Fsp3) is 0.316. The average molecular weight is 431 g/mol. The molecular formula is C19H18ClF3N2O4. The summed E-state index contributed by atoms with van der Waals surface area (Å²) in [5, 5.41) is 3.18. The summed E-state index contributed by atoms with van der Waals surface area (Å²) >= 11 is 6.14. The van der Waals surface area contributed by atoms with Crippen LogP contribution >= 0.6 is 11.6 Å². The monoisotopic (exact) mass is 430 g/mol. The molecule has 1 N–H and O–H groups in total. The first-order valence-corrected chi connectivity index (χ1v) is 8.93. The van der Waals surface area contributed by atoms with Crippen molar-refractivity contribution in [1.82, 2.24) is 4.90 Å². The molecule has 2 aromatic carbocycles. The van der Waals surface area contributed by atoms with Gasteiger partial charge in [0.1, 0.15) is 11.5 Å². The zero-order chi connectivity index (χ0) is 21.0. The number of alkyl halides is 3. The number of anilines is 1. The standard InChI is InChI=1S/C19H18ClF3N2O4/c1-25(8-12-6-14(20)7-13-10-27-11-28-18(12)13)9-17(26)24-15-2-4-16(5-3-15)29-19(21,22)23/h2-7H,8-11H2,1H3,(H,24,26). The van der Waals surface area contributed by atoms with E-state index in [9.17, 15) is 18.0 Å². The largest absolute Gasteiger partial charge is 0.573 e. The lowest BCUT2D eigenvalue weighted by Crippen LogP contribution is -2.30. The van der Waals surface area contributed by atoms with Gasteiger partial charge in [-0.15, -0.1) is 13.2 Å². The average Bonchev–Trinajstić information content (AvgIpc) is 2.62. The first kappa shape index (κ1) is 21.2. The van der Waals surface area contributed by atoms with Crippen LogP contribution in [0.3, 0.4) is 0 Å². The fourth-order valence-electron chi connectivity index (χ4n) is 2.91. The minimum atomic E-state index is -4.76. The van der Waals surface area contributed by atoms with Gasteiger partial charge in [-0.25, -0.2) is 0 Å². The number of nitrogens with zero attached hydrogens (tertiary/aromatic N) is 1. The number of hydrogen-bond acceptors (Lipinski definition) is 5. The highest BCUT2D eigenvalue weighted by Gasteiger charge is 2.31. The van der Waals surface area contributed by atoms with Crippen LogP contribution in [0.2, 0.25) is 5.02 Å². The Morgan fingerprint density at radius 3 is 2.69 bits per heavy atom.